The molecule has 0 aliphatic carbocycles. The minimum absolute atomic E-state index is 0.119. The first kappa shape index (κ1) is 17.2. The van der Waals surface area contributed by atoms with Crippen LogP contribution in [0.25, 0.3) is 0 Å². The summed E-state index contributed by atoms with van der Waals surface area (Å²) in [7, 11) is 1.65. The molecule has 0 bridgehead atoms. The lowest BCUT2D eigenvalue weighted by atomic mass is 10.0. The summed E-state index contributed by atoms with van der Waals surface area (Å²) in [5, 5.41) is 0.701. The largest absolute Gasteiger partial charge is 0.491 e. The van der Waals surface area contributed by atoms with Gasteiger partial charge in [0.15, 0.2) is 0 Å². The Bertz CT molecular complexity index is 387. The van der Waals surface area contributed by atoms with Gasteiger partial charge in [0, 0.05) is 18.2 Å². The first-order chi connectivity index (χ1) is 9.67. The molecule has 1 rings (SSSR count). The highest BCUT2D eigenvalue weighted by Gasteiger charge is 2.09. The van der Waals surface area contributed by atoms with Crippen LogP contribution < -0.4 is 10.5 Å². The highest BCUT2D eigenvalue weighted by molar-refractivity contribution is 6.30. The second-order valence-electron chi connectivity index (χ2n) is 4.58. The van der Waals surface area contributed by atoms with Gasteiger partial charge in [0.2, 0.25) is 0 Å². The molecule has 1 unspecified atom stereocenters. The number of hydrogen-bond acceptors (Lipinski definition) is 4. The Balaban J connectivity index is 2.47. The van der Waals surface area contributed by atoms with Crippen LogP contribution >= 0.6 is 11.6 Å². The Morgan fingerprint density at radius 3 is 2.65 bits per heavy atom. The van der Waals surface area contributed by atoms with Gasteiger partial charge in [-0.1, -0.05) is 18.5 Å². The van der Waals surface area contributed by atoms with Gasteiger partial charge in [-0.3, -0.25) is 0 Å². The van der Waals surface area contributed by atoms with E-state index in [1.165, 1.54) is 0 Å². The fraction of sp³-hybridized carbons (Fsp3) is 0.600. The van der Waals surface area contributed by atoms with E-state index in [9.17, 15) is 0 Å². The van der Waals surface area contributed by atoms with Gasteiger partial charge in [-0.2, -0.15) is 0 Å². The molecule has 0 aliphatic heterocycles. The van der Waals surface area contributed by atoms with Crippen molar-refractivity contribution in [2.24, 2.45) is 5.73 Å². The van der Waals surface area contributed by atoms with Gasteiger partial charge in [0.1, 0.15) is 12.4 Å². The van der Waals surface area contributed by atoms with Gasteiger partial charge >= 0.3 is 0 Å². The Labute approximate surface area is 126 Å². The predicted molar refractivity (Wildman–Crippen MR) is 81.6 cm³/mol. The van der Waals surface area contributed by atoms with Crippen LogP contribution in [0.2, 0.25) is 5.02 Å². The summed E-state index contributed by atoms with van der Waals surface area (Å²) in [5.41, 5.74) is 7.04. The topological polar surface area (TPSA) is 53.7 Å². The van der Waals surface area contributed by atoms with Crippen LogP contribution in [0.5, 0.6) is 5.75 Å². The molecule has 0 spiro atoms. The lowest BCUT2D eigenvalue weighted by Crippen LogP contribution is -2.22. The van der Waals surface area contributed by atoms with Gasteiger partial charge in [0.05, 0.1) is 19.8 Å². The summed E-state index contributed by atoms with van der Waals surface area (Å²) < 4.78 is 16.0. The average molecular weight is 302 g/mol. The summed E-state index contributed by atoms with van der Waals surface area (Å²) in [6.45, 7) is 4.27. The van der Waals surface area contributed by atoms with Crippen molar-refractivity contribution >= 4 is 11.6 Å². The molecule has 1 aromatic carbocycles. The van der Waals surface area contributed by atoms with Crippen LogP contribution in [0.3, 0.4) is 0 Å². The number of nitrogens with two attached hydrogens (primary N) is 1. The monoisotopic (exact) mass is 301 g/mol. The third kappa shape index (κ3) is 6.57. The van der Waals surface area contributed by atoms with Crippen molar-refractivity contribution in [3.05, 3.63) is 28.8 Å². The highest BCUT2D eigenvalue weighted by atomic mass is 35.5. The molecule has 20 heavy (non-hydrogen) atoms. The molecule has 0 aromatic heterocycles. The van der Waals surface area contributed by atoms with Crippen molar-refractivity contribution in [1.82, 2.24) is 0 Å². The van der Waals surface area contributed by atoms with Crippen molar-refractivity contribution < 1.29 is 14.2 Å². The molecule has 0 amide bonds. The van der Waals surface area contributed by atoms with Crippen LogP contribution in [0.4, 0.5) is 0 Å². The molecule has 0 aliphatic rings. The maximum atomic E-state index is 6.03. The van der Waals surface area contributed by atoms with E-state index >= 15 is 0 Å². The van der Waals surface area contributed by atoms with Crippen LogP contribution in [-0.2, 0) is 15.9 Å². The summed E-state index contributed by atoms with van der Waals surface area (Å²) >= 11 is 6.03. The zero-order chi connectivity index (χ0) is 14.8. The lowest BCUT2D eigenvalue weighted by Gasteiger charge is -2.15. The third-order valence-electron chi connectivity index (χ3n) is 2.95. The summed E-state index contributed by atoms with van der Waals surface area (Å²) in [4.78, 5) is 0. The van der Waals surface area contributed by atoms with Gasteiger partial charge < -0.3 is 19.9 Å². The van der Waals surface area contributed by atoms with Gasteiger partial charge in [-0.25, -0.2) is 0 Å². The van der Waals surface area contributed by atoms with Crippen LogP contribution in [0.1, 0.15) is 18.9 Å². The lowest BCUT2D eigenvalue weighted by molar-refractivity contribution is 0.0542. The molecule has 1 aromatic rings. The summed E-state index contributed by atoms with van der Waals surface area (Å²) in [5.74, 6) is 0.827. The molecular formula is C15H24ClNO3. The number of hydrogen-bond donors (Lipinski definition) is 1. The number of benzene rings is 1. The van der Waals surface area contributed by atoms with E-state index in [4.69, 9.17) is 31.5 Å². The van der Waals surface area contributed by atoms with Crippen LogP contribution in [-0.4, -0.2) is 39.6 Å². The quantitative estimate of drug-likeness (QED) is 0.675. The summed E-state index contributed by atoms with van der Waals surface area (Å²) in [6, 6.07) is 5.74. The molecule has 4 nitrogen and oxygen atoms in total. The highest BCUT2D eigenvalue weighted by Crippen LogP contribution is 2.24. The minimum atomic E-state index is 0.119. The minimum Gasteiger partial charge on any atom is -0.491 e. The molecule has 0 heterocycles. The van der Waals surface area contributed by atoms with E-state index in [2.05, 4.69) is 6.92 Å². The molecular weight excluding hydrogens is 278 g/mol. The van der Waals surface area contributed by atoms with Gasteiger partial charge in [0.25, 0.3) is 0 Å². The first-order valence-corrected chi connectivity index (χ1v) is 7.28. The van der Waals surface area contributed by atoms with Crippen LogP contribution in [0, 0.1) is 0 Å². The molecule has 0 radical (unpaired) electrons. The number of ether oxygens (including phenoxy) is 3. The Morgan fingerprint density at radius 1 is 1.20 bits per heavy atom. The van der Waals surface area contributed by atoms with E-state index in [-0.39, 0.29) is 6.04 Å². The van der Waals surface area contributed by atoms with Crippen molar-refractivity contribution in [2.45, 2.75) is 25.8 Å². The zero-order valence-electron chi connectivity index (χ0n) is 12.2. The van der Waals surface area contributed by atoms with E-state index in [0.717, 1.165) is 24.2 Å². The average Bonchev–Trinajstić information content (AvgIpc) is 2.44. The number of halogens is 1. The molecule has 0 saturated carbocycles. The molecule has 1 atom stereocenters. The van der Waals surface area contributed by atoms with Crippen molar-refractivity contribution in [1.29, 1.82) is 0 Å². The van der Waals surface area contributed by atoms with Crippen molar-refractivity contribution in [2.75, 3.05) is 33.5 Å². The van der Waals surface area contributed by atoms with E-state index < -0.39 is 0 Å². The predicted octanol–water partition coefficient (Wildman–Crippen LogP) is 2.66. The standard InChI is InChI=1S/C15H24ClNO3/c1-3-14(17)11-12-10-13(16)4-5-15(12)20-9-8-19-7-6-18-2/h4-5,10,14H,3,6-9,11,17H2,1-2H3. The SMILES string of the molecule is CCC(N)Cc1cc(Cl)ccc1OCCOCCOC. The fourth-order valence-electron chi connectivity index (χ4n) is 1.73. The molecule has 2 N–H and O–H groups in total. The maximum absolute atomic E-state index is 6.03. The third-order valence-corrected chi connectivity index (χ3v) is 3.18. The number of methoxy groups -OCH3 is 1. The summed E-state index contributed by atoms with van der Waals surface area (Å²) in [6.07, 6.45) is 1.68. The maximum Gasteiger partial charge on any atom is 0.122 e. The van der Waals surface area contributed by atoms with Crippen LogP contribution in [0.15, 0.2) is 18.2 Å². The smallest absolute Gasteiger partial charge is 0.122 e. The van der Waals surface area contributed by atoms with Gasteiger partial charge in [-0.15, -0.1) is 0 Å². The second kappa shape index (κ2) is 10.00. The Kier molecular flexibility index (Phi) is 8.62. The first-order valence-electron chi connectivity index (χ1n) is 6.90. The Hall–Kier alpha value is -0.810. The van der Waals surface area contributed by atoms with Crippen molar-refractivity contribution in [3.8, 4) is 5.75 Å². The molecule has 114 valence electrons. The molecule has 5 heteroatoms. The fourth-order valence-corrected chi connectivity index (χ4v) is 1.92. The second-order valence-corrected chi connectivity index (χ2v) is 5.01. The molecule has 0 fully saturated rings. The Morgan fingerprint density at radius 2 is 1.95 bits per heavy atom. The van der Waals surface area contributed by atoms with E-state index in [0.29, 0.717) is 31.5 Å². The number of rotatable bonds is 10. The normalized spacial score (nSPS) is 12.4. The van der Waals surface area contributed by atoms with Crippen molar-refractivity contribution in [3.63, 3.8) is 0 Å². The molecule has 0 saturated heterocycles. The van der Waals surface area contributed by atoms with E-state index in [1.807, 2.05) is 18.2 Å². The van der Waals surface area contributed by atoms with Gasteiger partial charge in [-0.05, 0) is 36.6 Å². The van der Waals surface area contributed by atoms with E-state index in [1.54, 1.807) is 7.11 Å². The zero-order valence-corrected chi connectivity index (χ0v) is 13.0.